The fourth-order valence-corrected chi connectivity index (χ4v) is 3.77. The SMILES string of the molecule is C=CCN1C(=O)NC(c2ccc(OCC)cc2)C(c2nc(-c3ccc(OC)cc3)no2)=C1C. The Kier molecular flexibility index (Phi) is 6.44. The first-order chi connectivity index (χ1) is 16.0. The van der Waals surface area contributed by atoms with Crippen molar-refractivity contribution in [3.8, 4) is 22.9 Å². The van der Waals surface area contributed by atoms with Crippen LogP contribution in [0.3, 0.4) is 0 Å². The first-order valence-electron chi connectivity index (χ1n) is 10.7. The quantitative estimate of drug-likeness (QED) is 0.499. The highest BCUT2D eigenvalue weighted by atomic mass is 16.5. The normalized spacial score (nSPS) is 15.9. The van der Waals surface area contributed by atoms with Crippen molar-refractivity contribution in [2.75, 3.05) is 20.3 Å². The van der Waals surface area contributed by atoms with Crippen molar-refractivity contribution in [3.63, 3.8) is 0 Å². The van der Waals surface area contributed by atoms with Gasteiger partial charge in [0.1, 0.15) is 11.5 Å². The minimum absolute atomic E-state index is 0.218. The summed E-state index contributed by atoms with van der Waals surface area (Å²) in [6, 6.07) is 14.3. The smallest absolute Gasteiger partial charge is 0.322 e. The molecule has 4 rings (SSSR count). The molecule has 0 aliphatic carbocycles. The number of carbonyl (C=O) groups is 1. The van der Waals surface area contributed by atoms with Crippen molar-refractivity contribution < 1.29 is 18.8 Å². The van der Waals surface area contributed by atoms with Crippen LogP contribution in [0.1, 0.15) is 31.3 Å². The molecule has 0 saturated carbocycles. The average molecular weight is 447 g/mol. The third kappa shape index (κ3) is 4.45. The summed E-state index contributed by atoms with van der Waals surface area (Å²) >= 11 is 0. The van der Waals surface area contributed by atoms with Gasteiger partial charge in [-0.25, -0.2) is 4.79 Å². The molecule has 2 heterocycles. The second-order valence-corrected chi connectivity index (χ2v) is 7.43. The molecule has 1 N–H and O–H groups in total. The van der Waals surface area contributed by atoms with Gasteiger partial charge < -0.3 is 19.3 Å². The van der Waals surface area contributed by atoms with Gasteiger partial charge in [0.2, 0.25) is 5.82 Å². The lowest BCUT2D eigenvalue weighted by Gasteiger charge is -2.34. The van der Waals surface area contributed by atoms with Gasteiger partial charge in [-0.1, -0.05) is 23.4 Å². The Hall–Kier alpha value is -4.07. The predicted octanol–water partition coefficient (Wildman–Crippen LogP) is 4.83. The number of amides is 2. The number of hydrogen-bond acceptors (Lipinski definition) is 6. The zero-order valence-electron chi connectivity index (χ0n) is 18.9. The van der Waals surface area contributed by atoms with Crippen LogP contribution < -0.4 is 14.8 Å². The summed E-state index contributed by atoms with van der Waals surface area (Å²) in [6.07, 6.45) is 1.68. The molecule has 3 aromatic rings. The maximum atomic E-state index is 12.8. The molecule has 1 atom stereocenters. The van der Waals surface area contributed by atoms with Gasteiger partial charge in [-0.3, -0.25) is 4.90 Å². The summed E-state index contributed by atoms with van der Waals surface area (Å²) in [5, 5.41) is 7.23. The van der Waals surface area contributed by atoms with Gasteiger partial charge >= 0.3 is 6.03 Å². The third-order valence-electron chi connectivity index (χ3n) is 5.44. The summed E-state index contributed by atoms with van der Waals surface area (Å²) in [6.45, 7) is 8.51. The molecule has 8 heteroatoms. The Bertz CT molecular complexity index is 1170. The average Bonchev–Trinajstić information content (AvgIpc) is 3.32. The molecule has 2 aromatic carbocycles. The number of hydrogen-bond donors (Lipinski definition) is 1. The number of ether oxygens (including phenoxy) is 2. The van der Waals surface area contributed by atoms with Crippen molar-refractivity contribution in [2.45, 2.75) is 19.9 Å². The molecule has 1 aliphatic rings. The second-order valence-electron chi connectivity index (χ2n) is 7.43. The minimum Gasteiger partial charge on any atom is -0.497 e. The van der Waals surface area contributed by atoms with Crippen LogP contribution in [-0.2, 0) is 0 Å². The first kappa shape index (κ1) is 22.1. The fourth-order valence-electron chi connectivity index (χ4n) is 3.77. The van der Waals surface area contributed by atoms with Gasteiger partial charge in [0.15, 0.2) is 0 Å². The summed E-state index contributed by atoms with van der Waals surface area (Å²) in [5.74, 6) is 2.29. The van der Waals surface area contributed by atoms with Crippen LogP contribution in [0, 0.1) is 0 Å². The van der Waals surface area contributed by atoms with Crippen LogP contribution in [-0.4, -0.2) is 41.3 Å². The van der Waals surface area contributed by atoms with Gasteiger partial charge in [0.25, 0.3) is 5.89 Å². The summed E-state index contributed by atoms with van der Waals surface area (Å²) in [5.41, 5.74) is 3.13. The molecule has 0 saturated heterocycles. The number of nitrogens with zero attached hydrogens (tertiary/aromatic N) is 3. The predicted molar refractivity (Wildman–Crippen MR) is 125 cm³/mol. The van der Waals surface area contributed by atoms with Crippen LogP contribution in [0.25, 0.3) is 17.0 Å². The molecule has 0 radical (unpaired) electrons. The summed E-state index contributed by atoms with van der Waals surface area (Å²) in [7, 11) is 1.62. The van der Waals surface area contributed by atoms with Crippen molar-refractivity contribution in [1.29, 1.82) is 0 Å². The zero-order chi connectivity index (χ0) is 23.4. The zero-order valence-corrected chi connectivity index (χ0v) is 18.9. The molecule has 1 aromatic heterocycles. The largest absolute Gasteiger partial charge is 0.497 e. The number of allylic oxidation sites excluding steroid dienone is 1. The lowest BCUT2D eigenvalue weighted by Crippen LogP contribution is -2.46. The van der Waals surface area contributed by atoms with Crippen LogP contribution in [0.15, 0.2) is 71.4 Å². The highest BCUT2D eigenvalue weighted by Crippen LogP contribution is 2.37. The van der Waals surface area contributed by atoms with E-state index in [-0.39, 0.29) is 6.03 Å². The van der Waals surface area contributed by atoms with Crippen LogP contribution in [0.5, 0.6) is 11.5 Å². The van der Waals surface area contributed by atoms with Gasteiger partial charge in [-0.15, -0.1) is 6.58 Å². The Labute approximate surface area is 192 Å². The number of methoxy groups -OCH3 is 1. The van der Waals surface area contributed by atoms with E-state index in [2.05, 4.69) is 22.0 Å². The number of nitrogens with one attached hydrogen (secondary N) is 1. The molecule has 0 bridgehead atoms. The van der Waals surface area contributed by atoms with E-state index < -0.39 is 6.04 Å². The molecule has 170 valence electrons. The molecule has 1 unspecified atom stereocenters. The standard InChI is InChI=1S/C25H26N4O4/c1-5-15-29-16(3)21(22(26-25(29)30)17-7-13-20(14-8-17)32-6-2)24-27-23(28-33-24)18-9-11-19(31-4)12-10-18/h5,7-14,22H,1,6,15H2,2-4H3,(H,26,30). The van der Waals surface area contributed by atoms with E-state index in [1.807, 2.05) is 62.4 Å². The van der Waals surface area contributed by atoms with Crippen LogP contribution >= 0.6 is 0 Å². The molecule has 8 nitrogen and oxygen atoms in total. The number of benzene rings is 2. The minimum atomic E-state index is -0.460. The van der Waals surface area contributed by atoms with Crippen LogP contribution in [0.2, 0.25) is 0 Å². The third-order valence-corrected chi connectivity index (χ3v) is 5.44. The second kappa shape index (κ2) is 9.60. The monoisotopic (exact) mass is 446 g/mol. The van der Waals surface area contributed by atoms with E-state index in [0.29, 0.717) is 24.9 Å². The fraction of sp³-hybridized carbons (Fsp3) is 0.240. The van der Waals surface area contributed by atoms with E-state index >= 15 is 0 Å². The van der Waals surface area contributed by atoms with Gasteiger partial charge in [-0.05, 0) is 55.8 Å². The number of aromatic nitrogens is 2. The van der Waals surface area contributed by atoms with E-state index in [4.69, 9.17) is 14.0 Å². The van der Waals surface area contributed by atoms with Crippen molar-refractivity contribution >= 4 is 11.6 Å². The van der Waals surface area contributed by atoms with Crippen molar-refractivity contribution in [3.05, 3.63) is 78.3 Å². The van der Waals surface area contributed by atoms with E-state index in [1.165, 1.54) is 0 Å². The Morgan fingerprint density at radius 3 is 2.48 bits per heavy atom. The first-order valence-corrected chi connectivity index (χ1v) is 10.7. The molecule has 0 fully saturated rings. The summed E-state index contributed by atoms with van der Waals surface area (Å²) < 4.78 is 16.5. The molecule has 0 spiro atoms. The number of rotatable bonds is 8. The highest BCUT2D eigenvalue weighted by molar-refractivity contribution is 5.87. The Balaban J connectivity index is 1.75. The molecular weight excluding hydrogens is 420 g/mol. The maximum absolute atomic E-state index is 12.8. The van der Waals surface area contributed by atoms with Gasteiger partial charge in [0.05, 0.1) is 25.3 Å². The molecular formula is C25H26N4O4. The molecule has 2 amide bonds. The maximum Gasteiger partial charge on any atom is 0.322 e. The van der Waals surface area contributed by atoms with Crippen molar-refractivity contribution in [2.24, 2.45) is 0 Å². The van der Waals surface area contributed by atoms with Crippen molar-refractivity contribution in [1.82, 2.24) is 20.4 Å². The number of urea groups is 1. The summed E-state index contributed by atoms with van der Waals surface area (Å²) in [4.78, 5) is 19.1. The molecule has 1 aliphatic heterocycles. The topological polar surface area (TPSA) is 89.7 Å². The van der Waals surface area contributed by atoms with E-state index in [0.717, 1.165) is 33.9 Å². The molecule has 33 heavy (non-hydrogen) atoms. The Morgan fingerprint density at radius 1 is 1.15 bits per heavy atom. The van der Waals surface area contributed by atoms with Gasteiger partial charge in [-0.2, -0.15) is 4.98 Å². The number of carbonyl (C=O) groups excluding carboxylic acids is 1. The lowest BCUT2D eigenvalue weighted by atomic mass is 9.94. The van der Waals surface area contributed by atoms with Crippen LogP contribution in [0.4, 0.5) is 4.79 Å². The van der Waals surface area contributed by atoms with Gasteiger partial charge in [0, 0.05) is 17.8 Å². The highest BCUT2D eigenvalue weighted by Gasteiger charge is 2.35. The van der Waals surface area contributed by atoms with E-state index in [9.17, 15) is 4.79 Å². The Morgan fingerprint density at radius 2 is 1.85 bits per heavy atom. The lowest BCUT2D eigenvalue weighted by molar-refractivity contribution is 0.209. The van der Waals surface area contributed by atoms with E-state index in [1.54, 1.807) is 18.1 Å².